The lowest BCUT2D eigenvalue weighted by molar-refractivity contribution is -0.129. The predicted molar refractivity (Wildman–Crippen MR) is 108 cm³/mol. The Labute approximate surface area is 162 Å². The quantitative estimate of drug-likeness (QED) is 0.583. The van der Waals surface area contributed by atoms with E-state index in [4.69, 9.17) is 0 Å². The summed E-state index contributed by atoms with van der Waals surface area (Å²) in [6.45, 7) is 3.83. The summed E-state index contributed by atoms with van der Waals surface area (Å²) in [7, 11) is 4.03. The average Bonchev–Trinajstić information content (AvgIpc) is 2.57. The smallest absolute Gasteiger partial charge is 0.246 e. The number of benzene rings is 1. The van der Waals surface area contributed by atoms with E-state index in [1.54, 1.807) is 18.2 Å². The number of halogens is 1. The fourth-order valence-electron chi connectivity index (χ4n) is 3.24. The lowest BCUT2D eigenvalue weighted by atomic mass is 9.86. The Morgan fingerprint density at radius 3 is 2.35 bits per heavy atom. The highest BCUT2D eigenvalue weighted by Crippen LogP contribution is 2.28. The van der Waals surface area contributed by atoms with Gasteiger partial charge in [0.1, 0.15) is 0 Å². The van der Waals surface area contributed by atoms with E-state index in [-0.39, 0.29) is 29.8 Å². The largest absolute Gasteiger partial charge is 0.504 e. The number of amides is 1. The molecule has 0 atom stereocenters. The van der Waals surface area contributed by atoms with Gasteiger partial charge < -0.3 is 20.0 Å². The fourth-order valence-corrected chi connectivity index (χ4v) is 3.24. The molecule has 0 spiro atoms. The van der Waals surface area contributed by atoms with Gasteiger partial charge in [-0.15, -0.1) is 12.4 Å². The van der Waals surface area contributed by atoms with Gasteiger partial charge in [0.05, 0.1) is 0 Å². The van der Waals surface area contributed by atoms with E-state index in [0.717, 1.165) is 31.8 Å². The van der Waals surface area contributed by atoms with Crippen molar-refractivity contribution in [3.05, 3.63) is 29.8 Å². The van der Waals surface area contributed by atoms with Crippen LogP contribution < -0.4 is 0 Å². The summed E-state index contributed by atoms with van der Waals surface area (Å²) in [5.74, 6) is 0.416. The number of hydrogen-bond donors (Lipinski definition) is 2. The Morgan fingerprint density at radius 2 is 1.77 bits per heavy atom. The molecule has 0 saturated heterocycles. The van der Waals surface area contributed by atoms with Crippen molar-refractivity contribution in [2.75, 3.05) is 27.2 Å². The summed E-state index contributed by atoms with van der Waals surface area (Å²) >= 11 is 0. The van der Waals surface area contributed by atoms with Crippen LogP contribution in [0.15, 0.2) is 24.3 Å². The van der Waals surface area contributed by atoms with Gasteiger partial charge in [0.2, 0.25) is 5.91 Å². The van der Waals surface area contributed by atoms with E-state index >= 15 is 0 Å². The first kappa shape index (κ1) is 22.3. The Hall–Kier alpha value is -1.72. The Balaban J connectivity index is 0.00000338. The molecule has 2 N–H and O–H groups in total. The van der Waals surface area contributed by atoms with Crippen LogP contribution in [0.3, 0.4) is 0 Å². The number of aromatic hydroxyl groups is 2. The van der Waals surface area contributed by atoms with Gasteiger partial charge in [-0.2, -0.15) is 0 Å². The highest BCUT2D eigenvalue weighted by molar-refractivity contribution is 5.92. The molecular weight excluding hydrogens is 352 g/mol. The van der Waals surface area contributed by atoms with Crippen LogP contribution >= 0.6 is 12.4 Å². The number of likely N-dealkylation sites (N-methyl/N-ethyl adjacent to an activating group) is 1. The van der Waals surface area contributed by atoms with Crippen LogP contribution in [-0.4, -0.2) is 59.1 Å². The maximum Gasteiger partial charge on any atom is 0.246 e. The number of phenols is 2. The first-order valence-corrected chi connectivity index (χ1v) is 9.02. The zero-order valence-electron chi connectivity index (χ0n) is 15.9. The van der Waals surface area contributed by atoms with Gasteiger partial charge in [0.25, 0.3) is 0 Å². The molecule has 1 amide bonds. The molecule has 26 heavy (non-hydrogen) atoms. The number of phenolic OH excluding ortho intramolecular Hbond substituents is 2. The Morgan fingerprint density at radius 1 is 1.12 bits per heavy atom. The summed E-state index contributed by atoms with van der Waals surface area (Å²) in [6, 6.07) is 4.85. The van der Waals surface area contributed by atoms with Gasteiger partial charge >= 0.3 is 0 Å². The normalized spacial score (nSPS) is 20.2. The van der Waals surface area contributed by atoms with E-state index in [0.29, 0.717) is 11.6 Å². The van der Waals surface area contributed by atoms with Crippen LogP contribution in [0.2, 0.25) is 0 Å². The third-order valence-corrected chi connectivity index (χ3v) is 4.92. The van der Waals surface area contributed by atoms with Crippen molar-refractivity contribution < 1.29 is 15.0 Å². The molecule has 2 rings (SSSR count). The second-order valence-corrected chi connectivity index (χ2v) is 7.33. The summed E-state index contributed by atoms with van der Waals surface area (Å²) in [5, 5.41) is 18.9. The molecule has 0 aliphatic heterocycles. The molecule has 5 nitrogen and oxygen atoms in total. The molecule has 0 radical (unpaired) electrons. The first-order valence-electron chi connectivity index (χ1n) is 9.02. The van der Waals surface area contributed by atoms with E-state index in [9.17, 15) is 15.0 Å². The van der Waals surface area contributed by atoms with Crippen molar-refractivity contribution in [1.29, 1.82) is 0 Å². The molecule has 146 valence electrons. The number of carbonyl (C=O) groups excluding carboxylic acids is 1. The highest BCUT2D eigenvalue weighted by Gasteiger charge is 2.26. The molecule has 0 aromatic heterocycles. The molecule has 0 bridgehead atoms. The molecule has 0 heterocycles. The number of rotatable bonds is 6. The van der Waals surface area contributed by atoms with E-state index in [1.807, 2.05) is 19.0 Å². The molecule has 1 aliphatic rings. The molecule has 0 unspecified atom stereocenters. The molecule has 1 aromatic carbocycles. The molecule has 1 saturated carbocycles. The average molecular weight is 383 g/mol. The third kappa shape index (κ3) is 6.54. The summed E-state index contributed by atoms with van der Waals surface area (Å²) in [6.07, 6.45) is 7.73. The summed E-state index contributed by atoms with van der Waals surface area (Å²) < 4.78 is 0. The van der Waals surface area contributed by atoms with Gasteiger partial charge in [0, 0.05) is 25.2 Å². The SMILES string of the molecule is CN(C)CCN(C(=O)C=Cc1ccc(O)c(O)c1)[C@H]1CC[C@H](C)CC1.Cl. The summed E-state index contributed by atoms with van der Waals surface area (Å²) in [4.78, 5) is 16.8. The zero-order valence-corrected chi connectivity index (χ0v) is 16.7. The van der Waals surface area contributed by atoms with Crippen molar-refractivity contribution in [3.63, 3.8) is 0 Å². The van der Waals surface area contributed by atoms with Gasteiger partial charge in [-0.25, -0.2) is 0 Å². The zero-order chi connectivity index (χ0) is 18.4. The first-order chi connectivity index (χ1) is 11.9. The maximum atomic E-state index is 12.8. The predicted octanol–water partition coefficient (Wildman–Crippen LogP) is 3.50. The third-order valence-electron chi connectivity index (χ3n) is 4.92. The minimum absolute atomic E-state index is 0. The van der Waals surface area contributed by atoms with Gasteiger partial charge in [-0.3, -0.25) is 4.79 Å². The Kier molecular flexibility index (Phi) is 8.96. The van der Waals surface area contributed by atoms with Gasteiger partial charge in [-0.1, -0.05) is 13.0 Å². The van der Waals surface area contributed by atoms with Gasteiger partial charge in [-0.05, 0) is 69.5 Å². The molecule has 1 aromatic rings. The molecule has 1 fully saturated rings. The second kappa shape index (κ2) is 10.4. The highest BCUT2D eigenvalue weighted by atomic mass is 35.5. The van der Waals surface area contributed by atoms with Crippen LogP contribution in [0.4, 0.5) is 0 Å². The molecule has 6 heteroatoms. The van der Waals surface area contributed by atoms with Crippen molar-refractivity contribution in [1.82, 2.24) is 9.80 Å². The van der Waals surface area contributed by atoms with Gasteiger partial charge in [0.15, 0.2) is 11.5 Å². The molecule has 1 aliphatic carbocycles. The topological polar surface area (TPSA) is 64.0 Å². The number of carbonyl (C=O) groups is 1. The second-order valence-electron chi connectivity index (χ2n) is 7.33. The monoisotopic (exact) mass is 382 g/mol. The minimum Gasteiger partial charge on any atom is -0.504 e. The van der Waals surface area contributed by atoms with Crippen LogP contribution in [0.1, 0.15) is 38.2 Å². The van der Waals surface area contributed by atoms with Crippen LogP contribution in [0.25, 0.3) is 6.08 Å². The summed E-state index contributed by atoms with van der Waals surface area (Å²) in [5.41, 5.74) is 0.688. The lowest BCUT2D eigenvalue weighted by Gasteiger charge is -2.36. The van der Waals surface area contributed by atoms with Crippen molar-refractivity contribution in [2.45, 2.75) is 38.6 Å². The van der Waals surface area contributed by atoms with Crippen molar-refractivity contribution in [3.8, 4) is 11.5 Å². The number of hydrogen-bond acceptors (Lipinski definition) is 4. The van der Waals surface area contributed by atoms with E-state index in [1.165, 1.54) is 25.0 Å². The number of nitrogens with zero attached hydrogens (tertiary/aromatic N) is 2. The standard InChI is InChI=1S/C20H30N2O3.ClH/c1-15-4-8-17(9-5-15)22(13-12-21(2)3)20(25)11-7-16-6-10-18(23)19(24)14-16;/h6-7,10-11,14-15,17,23-24H,4-5,8-9,12-13H2,1-3H3;1H/t15-,17-;. The lowest BCUT2D eigenvalue weighted by Crippen LogP contribution is -2.44. The van der Waals surface area contributed by atoms with Crippen LogP contribution in [0.5, 0.6) is 11.5 Å². The van der Waals surface area contributed by atoms with E-state index in [2.05, 4.69) is 11.8 Å². The minimum atomic E-state index is -0.180. The van der Waals surface area contributed by atoms with Crippen molar-refractivity contribution in [2.24, 2.45) is 5.92 Å². The van der Waals surface area contributed by atoms with Crippen molar-refractivity contribution >= 4 is 24.4 Å². The fraction of sp³-hybridized carbons (Fsp3) is 0.550. The maximum absolute atomic E-state index is 12.8. The van der Waals surface area contributed by atoms with E-state index < -0.39 is 0 Å². The Bertz CT molecular complexity index is 611. The van der Waals surface area contributed by atoms with Crippen LogP contribution in [-0.2, 0) is 4.79 Å². The molecular formula is C20H31ClN2O3. The van der Waals surface area contributed by atoms with Crippen LogP contribution in [0, 0.1) is 5.92 Å².